The highest BCUT2D eigenvalue weighted by molar-refractivity contribution is 5.92. The molecule has 1 spiro atoms. The Morgan fingerprint density at radius 3 is 2.09 bits per heavy atom. The van der Waals surface area contributed by atoms with Crippen LogP contribution in [0.15, 0.2) is 66.4 Å². The first-order valence-corrected chi connectivity index (χ1v) is 16.5. The number of rotatable bonds is 12. The van der Waals surface area contributed by atoms with E-state index >= 15 is 0 Å². The molecular formula is C38H50N4O. The molecule has 5 rings (SSSR count). The summed E-state index contributed by atoms with van der Waals surface area (Å²) in [5.74, 6) is 1.67. The Hall–Kier alpha value is -3.31. The first-order valence-electron chi connectivity index (χ1n) is 16.5. The summed E-state index contributed by atoms with van der Waals surface area (Å²) in [7, 11) is 0. The number of aromatic nitrogens is 2. The average molecular weight is 579 g/mol. The van der Waals surface area contributed by atoms with Gasteiger partial charge in [0.1, 0.15) is 11.5 Å². The Kier molecular flexibility index (Phi) is 9.81. The fourth-order valence-electron chi connectivity index (χ4n) is 7.19. The Morgan fingerprint density at radius 1 is 0.907 bits per heavy atom. The maximum Gasteiger partial charge on any atom is 0.270 e. The number of hydrogen-bond donors (Lipinski definition) is 1. The van der Waals surface area contributed by atoms with Gasteiger partial charge in [0, 0.05) is 37.2 Å². The normalized spacial score (nSPS) is 16.7. The molecule has 2 aliphatic rings. The standard InChI is InChI=1S/C38H50N4O/c1-7-9-32(10-8-2)36-39-20-19-34(41-36)37(43)40-28(6)29-15-17-31(18-16-29)35(30-13-11-27(5)12-14-30)33-21-38(22-33)24-42(25-38)23-26(3)4/h11-20,26,28,32H,7-10,21-25H2,1-6H3,(H,40,43). The van der Waals surface area contributed by atoms with Crippen molar-refractivity contribution in [3.8, 4) is 0 Å². The lowest BCUT2D eigenvalue weighted by Crippen LogP contribution is -2.61. The molecule has 3 aromatic rings. The number of amides is 1. The van der Waals surface area contributed by atoms with Crippen molar-refractivity contribution in [3.63, 3.8) is 0 Å². The fourth-order valence-corrected chi connectivity index (χ4v) is 7.19. The van der Waals surface area contributed by atoms with Crippen molar-refractivity contribution in [1.82, 2.24) is 20.2 Å². The molecule has 1 aliphatic heterocycles. The first kappa shape index (κ1) is 31.1. The highest BCUT2D eigenvalue weighted by Gasteiger charge is 2.50. The van der Waals surface area contributed by atoms with E-state index in [1.54, 1.807) is 17.8 Å². The second-order valence-corrected chi connectivity index (χ2v) is 13.7. The maximum atomic E-state index is 13.2. The summed E-state index contributed by atoms with van der Waals surface area (Å²) < 4.78 is 0. The van der Waals surface area contributed by atoms with Crippen LogP contribution in [0.1, 0.15) is 124 Å². The Morgan fingerprint density at radius 2 is 1.51 bits per heavy atom. The van der Waals surface area contributed by atoms with Crippen LogP contribution in [0.5, 0.6) is 0 Å². The summed E-state index contributed by atoms with van der Waals surface area (Å²) in [5, 5.41) is 3.17. The molecule has 2 heterocycles. The third kappa shape index (κ3) is 7.26. The third-order valence-corrected chi connectivity index (χ3v) is 9.21. The largest absolute Gasteiger partial charge is 0.344 e. The molecule has 1 atom stereocenters. The lowest BCUT2D eigenvalue weighted by molar-refractivity contribution is -0.0356. The Balaban J connectivity index is 1.30. The van der Waals surface area contributed by atoms with Gasteiger partial charge in [-0.3, -0.25) is 4.79 Å². The van der Waals surface area contributed by atoms with Gasteiger partial charge < -0.3 is 10.2 Å². The predicted octanol–water partition coefficient (Wildman–Crippen LogP) is 8.51. The molecular weight excluding hydrogens is 528 g/mol. The van der Waals surface area contributed by atoms with Crippen LogP contribution in [-0.4, -0.2) is 40.4 Å². The molecule has 5 nitrogen and oxygen atoms in total. The third-order valence-electron chi connectivity index (χ3n) is 9.21. The maximum absolute atomic E-state index is 13.2. The molecule has 0 radical (unpaired) electrons. The lowest BCUT2D eigenvalue weighted by Gasteiger charge is -2.58. The number of aryl methyl sites for hydroxylation is 1. The first-order chi connectivity index (χ1) is 20.7. The van der Waals surface area contributed by atoms with Crippen LogP contribution in [0.3, 0.4) is 0 Å². The minimum atomic E-state index is -0.152. The summed E-state index contributed by atoms with van der Waals surface area (Å²) >= 11 is 0. The number of likely N-dealkylation sites (tertiary alicyclic amines) is 1. The van der Waals surface area contributed by atoms with Crippen molar-refractivity contribution in [1.29, 1.82) is 0 Å². The summed E-state index contributed by atoms with van der Waals surface area (Å²) in [5.41, 5.74) is 8.81. The number of benzene rings is 2. The molecule has 1 unspecified atom stereocenters. The molecule has 2 aromatic carbocycles. The zero-order chi connectivity index (χ0) is 30.6. The second-order valence-electron chi connectivity index (χ2n) is 13.7. The van der Waals surface area contributed by atoms with E-state index in [9.17, 15) is 4.79 Å². The van der Waals surface area contributed by atoms with E-state index in [0.717, 1.165) is 43.0 Å². The van der Waals surface area contributed by atoms with E-state index in [2.05, 4.69) is 103 Å². The smallest absolute Gasteiger partial charge is 0.270 e. The number of allylic oxidation sites excluding steroid dienone is 1. The topological polar surface area (TPSA) is 58.1 Å². The lowest BCUT2D eigenvalue weighted by atomic mass is 9.59. The molecule has 5 heteroatoms. The van der Waals surface area contributed by atoms with Gasteiger partial charge in [0.05, 0.1) is 6.04 Å². The summed E-state index contributed by atoms with van der Waals surface area (Å²) in [6, 6.07) is 19.4. The summed E-state index contributed by atoms with van der Waals surface area (Å²) in [6.07, 6.45) is 8.36. The molecule has 0 bridgehead atoms. The van der Waals surface area contributed by atoms with Crippen molar-refractivity contribution in [2.24, 2.45) is 11.3 Å². The molecule has 1 N–H and O–H groups in total. The van der Waals surface area contributed by atoms with Gasteiger partial charge >= 0.3 is 0 Å². The van der Waals surface area contributed by atoms with E-state index < -0.39 is 0 Å². The van der Waals surface area contributed by atoms with Gasteiger partial charge in [0.2, 0.25) is 0 Å². The van der Waals surface area contributed by atoms with E-state index in [-0.39, 0.29) is 11.9 Å². The number of carbonyl (C=O) groups excluding carboxylic acids is 1. The van der Waals surface area contributed by atoms with Gasteiger partial charge in [0.15, 0.2) is 0 Å². The summed E-state index contributed by atoms with van der Waals surface area (Å²) in [4.78, 5) is 25.0. The average Bonchev–Trinajstić information content (AvgIpc) is 2.95. The molecule has 1 saturated heterocycles. The Bertz CT molecular complexity index is 1400. The summed E-state index contributed by atoms with van der Waals surface area (Å²) in [6.45, 7) is 16.9. The van der Waals surface area contributed by atoms with Gasteiger partial charge in [-0.05, 0) is 73.8 Å². The molecule has 1 aromatic heterocycles. The van der Waals surface area contributed by atoms with Crippen molar-refractivity contribution in [3.05, 3.63) is 100 Å². The van der Waals surface area contributed by atoms with E-state index in [1.807, 2.05) is 6.92 Å². The van der Waals surface area contributed by atoms with E-state index in [4.69, 9.17) is 0 Å². The molecule has 2 fully saturated rings. The van der Waals surface area contributed by atoms with E-state index in [1.165, 1.54) is 54.7 Å². The van der Waals surface area contributed by atoms with Crippen molar-refractivity contribution < 1.29 is 4.79 Å². The van der Waals surface area contributed by atoms with Crippen LogP contribution in [0, 0.1) is 18.3 Å². The number of nitrogens with zero attached hydrogens (tertiary/aromatic N) is 3. The van der Waals surface area contributed by atoms with Gasteiger partial charge in [0.25, 0.3) is 5.91 Å². The number of carbonyl (C=O) groups is 1. The molecule has 228 valence electrons. The molecule has 43 heavy (non-hydrogen) atoms. The second kappa shape index (κ2) is 13.5. The number of hydrogen-bond acceptors (Lipinski definition) is 4. The highest BCUT2D eigenvalue weighted by atomic mass is 16.1. The Labute approximate surface area is 259 Å². The van der Waals surface area contributed by atoms with Crippen LogP contribution >= 0.6 is 0 Å². The van der Waals surface area contributed by atoms with E-state index in [0.29, 0.717) is 17.0 Å². The van der Waals surface area contributed by atoms with Crippen LogP contribution in [0.4, 0.5) is 0 Å². The number of nitrogens with one attached hydrogen (secondary N) is 1. The van der Waals surface area contributed by atoms with Crippen LogP contribution in [0.2, 0.25) is 0 Å². The van der Waals surface area contributed by atoms with Crippen LogP contribution in [-0.2, 0) is 0 Å². The SMILES string of the molecule is CCCC(CCC)c1nccc(C(=O)NC(C)c2ccc(C(=C3CC4(C3)CN(CC(C)C)C4)c3ccc(C)cc3)cc2)n1. The van der Waals surface area contributed by atoms with Crippen molar-refractivity contribution >= 4 is 11.5 Å². The van der Waals surface area contributed by atoms with Gasteiger partial charge in [-0.25, -0.2) is 9.97 Å². The molecule has 1 saturated carbocycles. The van der Waals surface area contributed by atoms with Crippen LogP contribution in [0.25, 0.3) is 5.57 Å². The zero-order valence-corrected chi connectivity index (χ0v) is 27.1. The minimum absolute atomic E-state index is 0.133. The van der Waals surface area contributed by atoms with Crippen molar-refractivity contribution in [2.75, 3.05) is 19.6 Å². The van der Waals surface area contributed by atoms with Gasteiger partial charge in [-0.15, -0.1) is 0 Å². The van der Waals surface area contributed by atoms with Gasteiger partial charge in [-0.2, -0.15) is 0 Å². The van der Waals surface area contributed by atoms with Crippen LogP contribution < -0.4 is 5.32 Å². The molecule has 1 aliphatic carbocycles. The van der Waals surface area contributed by atoms with Crippen molar-refractivity contribution in [2.45, 2.75) is 92.0 Å². The minimum Gasteiger partial charge on any atom is -0.344 e. The highest BCUT2D eigenvalue weighted by Crippen LogP contribution is 2.54. The molecule has 1 amide bonds. The van der Waals surface area contributed by atoms with Gasteiger partial charge in [-0.1, -0.05) is 100 Å². The fraction of sp³-hybridized carbons (Fsp3) is 0.500. The zero-order valence-electron chi connectivity index (χ0n) is 27.1. The monoisotopic (exact) mass is 578 g/mol. The predicted molar refractivity (Wildman–Crippen MR) is 177 cm³/mol. The quantitative estimate of drug-likeness (QED) is 0.234.